The molecule has 1 nitrogen and oxygen atoms in total. The number of hydrogen-bond acceptors (Lipinski definition) is 1. The van der Waals surface area contributed by atoms with Gasteiger partial charge >= 0.3 is 0 Å². The third-order valence-electron chi connectivity index (χ3n) is 3.41. The van der Waals surface area contributed by atoms with Crippen molar-refractivity contribution < 1.29 is 0 Å². The van der Waals surface area contributed by atoms with Gasteiger partial charge in [0.1, 0.15) is 0 Å². The van der Waals surface area contributed by atoms with Crippen LogP contribution >= 0.6 is 23.2 Å². The van der Waals surface area contributed by atoms with E-state index in [4.69, 9.17) is 23.2 Å². The molecule has 1 aromatic rings. The van der Waals surface area contributed by atoms with Gasteiger partial charge in [-0.1, -0.05) is 37.0 Å². The second-order valence-corrected chi connectivity index (χ2v) is 6.46. The Balaban J connectivity index is 2.15. The molecule has 0 bridgehead atoms. The molecule has 1 heterocycles. The minimum absolute atomic E-state index is 0.377. The van der Waals surface area contributed by atoms with E-state index in [9.17, 15) is 0 Å². The van der Waals surface area contributed by atoms with Crippen LogP contribution in [0.15, 0.2) is 18.2 Å². The largest absolute Gasteiger partial charge is 0.316 e. The zero-order chi connectivity index (χ0) is 12.5. The smallest absolute Gasteiger partial charge is 0.0439 e. The van der Waals surface area contributed by atoms with E-state index >= 15 is 0 Å². The molecule has 0 unspecified atom stereocenters. The van der Waals surface area contributed by atoms with Crippen LogP contribution in [0.1, 0.15) is 25.8 Å². The predicted octanol–water partition coefficient (Wildman–Crippen LogP) is 4.17. The highest BCUT2D eigenvalue weighted by molar-refractivity contribution is 6.33. The van der Waals surface area contributed by atoms with Crippen LogP contribution in [-0.2, 0) is 6.42 Å². The second kappa shape index (κ2) is 5.17. The summed E-state index contributed by atoms with van der Waals surface area (Å²) in [6.07, 6.45) is 2.26. The van der Waals surface area contributed by atoms with E-state index in [1.807, 2.05) is 18.2 Å². The molecule has 0 amide bonds. The summed E-state index contributed by atoms with van der Waals surface area (Å²) < 4.78 is 0. The molecule has 0 atom stereocenters. The minimum Gasteiger partial charge on any atom is -0.316 e. The van der Waals surface area contributed by atoms with E-state index in [0.29, 0.717) is 5.41 Å². The molecule has 1 aliphatic heterocycles. The lowest BCUT2D eigenvalue weighted by atomic mass is 9.71. The van der Waals surface area contributed by atoms with Gasteiger partial charge in [0.2, 0.25) is 0 Å². The summed E-state index contributed by atoms with van der Waals surface area (Å²) in [5.74, 6) is 0.718. The van der Waals surface area contributed by atoms with Crippen LogP contribution in [0.3, 0.4) is 0 Å². The first-order valence-corrected chi connectivity index (χ1v) is 6.91. The molecule has 2 rings (SSSR count). The van der Waals surface area contributed by atoms with E-state index in [1.165, 1.54) is 12.0 Å². The summed E-state index contributed by atoms with van der Waals surface area (Å²) in [5.41, 5.74) is 1.56. The number of nitrogens with one attached hydrogen (secondary N) is 1. The van der Waals surface area contributed by atoms with E-state index in [-0.39, 0.29) is 0 Å². The van der Waals surface area contributed by atoms with Gasteiger partial charge < -0.3 is 5.32 Å². The highest BCUT2D eigenvalue weighted by Crippen LogP contribution is 2.37. The van der Waals surface area contributed by atoms with Crippen LogP contribution in [-0.4, -0.2) is 13.1 Å². The Morgan fingerprint density at radius 3 is 2.53 bits per heavy atom. The third-order valence-corrected chi connectivity index (χ3v) is 4.02. The normalized spacial score (nSPS) is 18.2. The van der Waals surface area contributed by atoms with Crippen LogP contribution in [0, 0.1) is 11.3 Å². The van der Waals surface area contributed by atoms with Crippen molar-refractivity contribution in [1.29, 1.82) is 0 Å². The number of hydrogen-bond donors (Lipinski definition) is 1. The fraction of sp³-hybridized carbons (Fsp3) is 0.571. The molecular weight excluding hydrogens is 253 g/mol. The summed E-state index contributed by atoms with van der Waals surface area (Å²) in [4.78, 5) is 0. The van der Waals surface area contributed by atoms with Gasteiger partial charge in [0.05, 0.1) is 0 Å². The molecular formula is C14H19Cl2N. The highest BCUT2D eigenvalue weighted by Gasteiger charge is 2.37. The van der Waals surface area contributed by atoms with E-state index in [0.717, 1.165) is 35.5 Å². The lowest BCUT2D eigenvalue weighted by Crippen LogP contribution is -2.55. The van der Waals surface area contributed by atoms with Crippen molar-refractivity contribution in [3.63, 3.8) is 0 Å². The molecule has 1 N–H and O–H groups in total. The SMILES string of the molecule is CC(C)CC1(Cc2cc(Cl)ccc2Cl)CNC1. The van der Waals surface area contributed by atoms with Gasteiger partial charge in [-0.25, -0.2) is 0 Å². The molecule has 1 aromatic carbocycles. The summed E-state index contributed by atoms with van der Waals surface area (Å²) in [6.45, 7) is 6.74. The van der Waals surface area contributed by atoms with E-state index in [2.05, 4.69) is 19.2 Å². The first-order chi connectivity index (χ1) is 8.01. The first kappa shape index (κ1) is 13.2. The van der Waals surface area contributed by atoms with Crippen molar-refractivity contribution in [2.45, 2.75) is 26.7 Å². The van der Waals surface area contributed by atoms with Crippen molar-refractivity contribution in [3.8, 4) is 0 Å². The molecule has 1 aliphatic rings. The number of halogens is 2. The first-order valence-electron chi connectivity index (χ1n) is 6.15. The van der Waals surface area contributed by atoms with Gasteiger partial charge in [-0.05, 0) is 47.9 Å². The van der Waals surface area contributed by atoms with Crippen LogP contribution in [0.25, 0.3) is 0 Å². The molecule has 17 heavy (non-hydrogen) atoms. The second-order valence-electron chi connectivity index (χ2n) is 5.61. The highest BCUT2D eigenvalue weighted by atomic mass is 35.5. The van der Waals surface area contributed by atoms with Gasteiger partial charge in [-0.3, -0.25) is 0 Å². The standard InChI is InChI=1S/C14H19Cl2N/c1-10(2)6-14(8-17-9-14)7-11-5-12(15)3-4-13(11)16/h3-5,10,17H,6-9H2,1-2H3. The maximum Gasteiger partial charge on any atom is 0.0439 e. The Bertz CT molecular complexity index is 397. The minimum atomic E-state index is 0.377. The predicted molar refractivity (Wildman–Crippen MR) is 74.9 cm³/mol. The van der Waals surface area contributed by atoms with Crippen LogP contribution < -0.4 is 5.32 Å². The quantitative estimate of drug-likeness (QED) is 0.867. The molecule has 0 spiro atoms. The summed E-state index contributed by atoms with van der Waals surface area (Å²) in [7, 11) is 0. The van der Waals surface area contributed by atoms with Crippen molar-refractivity contribution in [2.24, 2.45) is 11.3 Å². The zero-order valence-electron chi connectivity index (χ0n) is 10.4. The van der Waals surface area contributed by atoms with E-state index in [1.54, 1.807) is 0 Å². The fourth-order valence-electron chi connectivity index (χ4n) is 2.77. The Morgan fingerprint density at radius 1 is 1.29 bits per heavy atom. The van der Waals surface area contributed by atoms with Crippen molar-refractivity contribution in [1.82, 2.24) is 5.32 Å². The molecule has 1 saturated heterocycles. The zero-order valence-corrected chi connectivity index (χ0v) is 11.9. The lowest BCUT2D eigenvalue weighted by molar-refractivity contribution is 0.131. The Kier molecular flexibility index (Phi) is 4.02. The van der Waals surface area contributed by atoms with Crippen LogP contribution in [0.5, 0.6) is 0 Å². The summed E-state index contributed by atoms with van der Waals surface area (Å²) in [5, 5.41) is 5.00. The van der Waals surface area contributed by atoms with Crippen molar-refractivity contribution in [3.05, 3.63) is 33.8 Å². The third kappa shape index (κ3) is 3.15. The van der Waals surface area contributed by atoms with Gasteiger partial charge in [0.15, 0.2) is 0 Å². The lowest BCUT2D eigenvalue weighted by Gasteiger charge is -2.44. The average molecular weight is 272 g/mol. The molecule has 0 aliphatic carbocycles. The Hall–Kier alpha value is -0.240. The van der Waals surface area contributed by atoms with Crippen molar-refractivity contribution >= 4 is 23.2 Å². The maximum atomic E-state index is 6.24. The maximum absolute atomic E-state index is 6.24. The molecule has 1 fully saturated rings. The van der Waals surface area contributed by atoms with Gasteiger partial charge in [-0.15, -0.1) is 0 Å². The van der Waals surface area contributed by atoms with Crippen LogP contribution in [0.4, 0.5) is 0 Å². The molecule has 0 aromatic heterocycles. The van der Waals surface area contributed by atoms with E-state index < -0.39 is 0 Å². The topological polar surface area (TPSA) is 12.0 Å². The van der Waals surface area contributed by atoms with Gasteiger partial charge in [-0.2, -0.15) is 0 Å². The monoisotopic (exact) mass is 271 g/mol. The number of rotatable bonds is 4. The van der Waals surface area contributed by atoms with Crippen molar-refractivity contribution in [2.75, 3.05) is 13.1 Å². The number of benzene rings is 1. The Labute approximate surface area is 114 Å². The molecule has 94 valence electrons. The molecule has 3 heteroatoms. The fourth-order valence-corrected chi connectivity index (χ4v) is 3.15. The van der Waals surface area contributed by atoms with Gasteiger partial charge in [0, 0.05) is 23.1 Å². The summed E-state index contributed by atoms with van der Waals surface area (Å²) in [6, 6.07) is 5.75. The van der Waals surface area contributed by atoms with Crippen LogP contribution in [0.2, 0.25) is 10.0 Å². The summed E-state index contributed by atoms with van der Waals surface area (Å²) >= 11 is 12.3. The Morgan fingerprint density at radius 2 is 2.00 bits per heavy atom. The molecule has 0 radical (unpaired) electrons. The average Bonchev–Trinajstić information content (AvgIpc) is 2.19. The van der Waals surface area contributed by atoms with Gasteiger partial charge in [0.25, 0.3) is 0 Å². The molecule has 0 saturated carbocycles.